The minimum atomic E-state index is -2.24. The molecule has 6 nitrogen and oxygen atoms in total. The van der Waals surface area contributed by atoms with Gasteiger partial charge < -0.3 is 8.84 Å². The second kappa shape index (κ2) is 7.70. The molecule has 0 aliphatic carbocycles. The first-order valence-electron chi connectivity index (χ1n) is 8.69. The van der Waals surface area contributed by atoms with Gasteiger partial charge in [-0.05, 0) is 57.1 Å². The fourth-order valence-electron chi connectivity index (χ4n) is 2.92. The summed E-state index contributed by atoms with van der Waals surface area (Å²) in [5.41, 5.74) is -0.504. The van der Waals surface area contributed by atoms with Crippen LogP contribution in [0.3, 0.4) is 0 Å². The molecule has 2 rings (SSSR count). The van der Waals surface area contributed by atoms with Gasteiger partial charge >= 0.3 is 0 Å². The molecule has 7 heteroatoms. The zero-order valence-electron chi connectivity index (χ0n) is 15.6. The first-order chi connectivity index (χ1) is 11.8. The summed E-state index contributed by atoms with van der Waals surface area (Å²) in [5.74, 6) is 2.26. The van der Waals surface area contributed by atoms with Crippen molar-refractivity contribution in [3.05, 3.63) is 30.2 Å². The molecule has 0 unspecified atom stereocenters. The van der Waals surface area contributed by atoms with Crippen molar-refractivity contribution in [1.29, 1.82) is 0 Å². The number of hydrogen-bond donors (Lipinski definition) is 0. The molecule has 0 N–H and O–H groups in total. The van der Waals surface area contributed by atoms with Crippen molar-refractivity contribution in [1.82, 2.24) is 5.06 Å². The molecule has 2 heterocycles. The summed E-state index contributed by atoms with van der Waals surface area (Å²) in [7, 11) is -2.24. The van der Waals surface area contributed by atoms with Crippen LogP contribution in [-0.2, 0) is 18.9 Å². The zero-order chi connectivity index (χ0) is 18.7. The van der Waals surface area contributed by atoms with E-state index in [-0.39, 0.29) is 5.91 Å². The Kier molecular flexibility index (Phi) is 6.06. The maximum atomic E-state index is 12.7. The molecule has 0 saturated carbocycles. The van der Waals surface area contributed by atoms with Crippen LogP contribution in [0.2, 0.25) is 18.1 Å². The minimum Gasteiger partial charge on any atom is -0.467 e. The molecule has 1 aromatic heterocycles. The summed E-state index contributed by atoms with van der Waals surface area (Å²) in [6.45, 7) is 9.75. The quantitative estimate of drug-likeness (QED) is 0.399. The number of furan rings is 1. The van der Waals surface area contributed by atoms with Crippen LogP contribution < -0.4 is 0 Å². The third-order valence-corrected chi connectivity index (χ3v) is 8.71. The number of carbonyl (C=O) groups excluding carboxylic acids is 2. The lowest BCUT2D eigenvalue weighted by molar-refractivity contribution is -0.291. The molecule has 1 saturated heterocycles. The van der Waals surface area contributed by atoms with Crippen molar-refractivity contribution in [2.75, 3.05) is 0 Å². The molecule has 1 aliphatic rings. The Morgan fingerprint density at radius 1 is 1.36 bits per heavy atom. The number of rotatable bonds is 8. The number of allylic oxidation sites excluding steroid dienone is 1. The molecule has 0 aromatic carbocycles. The Labute approximate surface area is 149 Å². The van der Waals surface area contributed by atoms with Crippen molar-refractivity contribution in [2.45, 2.75) is 70.5 Å². The molecular weight excluding hydrogens is 338 g/mol. The molecule has 0 spiro atoms. The largest absolute Gasteiger partial charge is 0.467 e. The van der Waals surface area contributed by atoms with E-state index in [9.17, 15) is 9.59 Å². The van der Waals surface area contributed by atoms with E-state index < -0.39 is 26.1 Å². The van der Waals surface area contributed by atoms with Crippen molar-refractivity contribution >= 4 is 20.2 Å². The Balaban J connectivity index is 2.26. The molecule has 25 heavy (non-hydrogen) atoms. The van der Waals surface area contributed by atoms with Crippen LogP contribution in [-0.4, -0.2) is 36.9 Å². The average molecular weight is 366 g/mol. The van der Waals surface area contributed by atoms with Crippen LogP contribution in [0.25, 0.3) is 0 Å². The van der Waals surface area contributed by atoms with E-state index in [1.165, 1.54) is 11.1 Å². The molecule has 2 atom stereocenters. The van der Waals surface area contributed by atoms with Crippen molar-refractivity contribution < 1.29 is 23.3 Å². The number of β-lactam (4-membered cyclic amide) rings is 1. The lowest BCUT2D eigenvalue weighted by atomic mass is 9.99. The van der Waals surface area contributed by atoms with Crippen LogP contribution >= 0.6 is 0 Å². The molecule has 1 amide bonds. The van der Waals surface area contributed by atoms with Gasteiger partial charge in [-0.3, -0.25) is 9.63 Å². The van der Waals surface area contributed by atoms with Gasteiger partial charge in [0.1, 0.15) is 11.7 Å². The lowest BCUT2D eigenvalue weighted by Crippen LogP contribution is -2.64. The van der Waals surface area contributed by atoms with E-state index in [2.05, 4.69) is 0 Å². The van der Waals surface area contributed by atoms with Crippen molar-refractivity contribution in [3.8, 4) is 0 Å². The third kappa shape index (κ3) is 4.30. The molecule has 0 radical (unpaired) electrons. The summed E-state index contributed by atoms with van der Waals surface area (Å²) in [6, 6.07) is 5.38. The fraction of sp³-hybridized carbons (Fsp3) is 0.611. The number of hydroxylamine groups is 2. The van der Waals surface area contributed by atoms with Gasteiger partial charge in [-0.15, -0.1) is 0 Å². The predicted molar refractivity (Wildman–Crippen MR) is 95.8 cm³/mol. The first-order valence-corrected chi connectivity index (χ1v) is 11.2. The monoisotopic (exact) mass is 365 g/mol. The van der Waals surface area contributed by atoms with Gasteiger partial charge in [0, 0.05) is 0 Å². The summed E-state index contributed by atoms with van der Waals surface area (Å²) >= 11 is 0. The van der Waals surface area contributed by atoms with Crippen LogP contribution in [0.15, 0.2) is 28.9 Å². The minimum absolute atomic E-state index is 0.204. The van der Waals surface area contributed by atoms with Gasteiger partial charge in [-0.1, -0.05) is 13.8 Å². The highest BCUT2D eigenvalue weighted by atomic mass is 28.4. The van der Waals surface area contributed by atoms with E-state index in [1.54, 1.807) is 12.3 Å². The van der Waals surface area contributed by atoms with Gasteiger partial charge in [-0.25, -0.2) is 9.86 Å². The Bertz CT molecular complexity index is 626. The number of hydrogen-bond acceptors (Lipinski definition) is 5. The van der Waals surface area contributed by atoms with E-state index in [0.717, 1.165) is 12.1 Å². The number of amides is 1. The molecule has 1 aliphatic heterocycles. The van der Waals surface area contributed by atoms with E-state index in [1.807, 2.05) is 46.6 Å². The maximum absolute atomic E-state index is 12.7. The highest BCUT2D eigenvalue weighted by molar-refractivity contribution is 6.74. The Morgan fingerprint density at radius 2 is 2.04 bits per heavy atom. The smallest absolute Gasteiger partial charge is 0.277 e. The second-order valence-corrected chi connectivity index (χ2v) is 11.7. The maximum Gasteiger partial charge on any atom is 0.277 e. The third-order valence-electron chi connectivity index (χ3n) is 4.43. The van der Waals surface area contributed by atoms with E-state index >= 15 is 0 Å². The SMILES string of the molecule is CC[Si](CC)(CC=C=O)O[C@@H]1C(=O)N(OC(C)(C)C)[C@@H]1c1ccco1. The highest BCUT2D eigenvalue weighted by Crippen LogP contribution is 2.42. The number of nitrogens with zero attached hydrogens (tertiary/aromatic N) is 1. The molecule has 1 aromatic rings. The van der Waals surface area contributed by atoms with Crippen LogP contribution in [0, 0.1) is 0 Å². The van der Waals surface area contributed by atoms with Gasteiger partial charge in [0.15, 0.2) is 20.5 Å². The molecule has 1 fully saturated rings. The second-order valence-electron chi connectivity index (χ2n) is 7.28. The van der Waals surface area contributed by atoms with Gasteiger partial charge in [-0.2, -0.15) is 0 Å². The summed E-state index contributed by atoms with van der Waals surface area (Å²) in [6.07, 6.45) is 2.41. The van der Waals surface area contributed by atoms with Gasteiger partial charge in [0.05, 0.1) is 11.9 Å². The standard InChI is InChI=1S/C18H27NO5Si/c1-6-25(7-2,13-9-11-20)23-16-15(14-10-8-12-22-14)19(17(16)21)24-18(3,4)5/h8-10,12,15-16H,6-7,13H2,1-5H3/t15-,16+/m1/s1. The van der Waals surface area contributed by atoms with Crippen LogP contribution in [0.1, 0.15) is 46.4 Å². The average Bonchev–Trinajstić information content (AvgIpc) is 3.09. The van der Waals surface area contributed by atoms with Crippen molar-refractivity contribution in [3.63, 3.8) is 0 Å². The number of carbonyl (C=O) groups is 1. The summed E-state index contributed by atoms with van der Waals surface area (Å²) in [5, 5.41) is 1.35. The Hall–Kier alpha value is -1.66. The first kappa shape index (κ1) is 19.7. The normalized spacial score (nSPS) is 21.0. The van der Waals surface area contributed by atoms with Gasteiger partial charge in [0.2, 0.25) is 0 Å². The van der Waals surface area contributed by atoms with E-state index in [0.29, 0.717) is 11.8 Å². The van der Waals surface area contributed by atoms with Crippen LogP contribution in [0.5, 0.6) is 0 Å². The highest BCUT2D eigenvalue weighted by Gasteiger charge is 2.55. The Morgan fingerprint density at radius 3 is 2.52 bits per heavy atom. The topological polar surface area (TPSA) is 69.0 Å². The zero-order valence-corrected chi connectivity index (χ0v) is 16.6. The fourth-order valence-corrected chi connectivity index (χ4v) is 5.66. The predicted octanol–water partition coefficient (Wildman–Crippen LogP) is 3.65. The lowest BCUT2D eigenvalue weighted by Gasteiger charge is -2.49. The summed E-state index contributed by atoms with van der Waals surface area (Å²) in [4.78, 5) is 29.2. The molecular formula is C18H27NO5Si. The molecule has 138 valence electrons. The molecule has 0 bridgehead atoms. The van der Waals surface area contributed by atoms with Gasteiger partial charge in [0.25, 0.3) is 5.91 Å². The van der Waals surface area contributed by atoms with E-state index in [4.69, 9.17) is 13.7 Å². The van der Waals surface area contributed by atoms with Crippen molar-refractivity contribution in [2.24, 2.45) is 0 Å². The summed E-state index contributed by atoms with van der Waals surface area (Å²) < 4.78 is 11.9. The van der Waals surface area contributed by atoms with Crippen LogP contribution in [0.4, 0.5) is 0 Å².